The van der Waals surface area contributed by atoms with Gasteiger partial charge in [-0.1, -0.05) is 24.3 Å². The molecule has 106 valence electrons. The van der Waals surface area contributed by atoms with Crippen molar-refractivity contribution in [1.82, 2.24) is 4.72 Å². The van der Waals surface area contributed by atoms with E-state index in [9.17, 15) is 12.8 Å². The number of rotatable bonds is 4. The van der Waals surface area contributed by atoms with Gasteiger partial charge in [0, 0.05) is 6.54 Å². The number of sulfonamides is 1. The number of halogens is 1. The normalized spacial score (nSPS) is 11.6. The standard InChI is InChI=1S/C15H16FNO2S/c1-11-6-7-12(2)15(8-11)20(18,19)17-10-13-4-3-5-14(16)9-13/h3-9,17H,10H2,1-2H3. The first-order chi connectivity index (χ1) is 9.38. The number of aryl methyl sites for hydroxylation is 2. The topological polar surface area (TPSA) is 46.2 Å². The van der Waals surface area contributed by atoms with Gasteiger partial charge in [-0.05, 0) is 48.7 Å². The van der Waals surface area contributed by atoms with Crippen LogP contribution in [0.3, 0.4) is 0 Å². The van der Waals surface area contributed by atoms with Crippen molar-refractivity contribution >= 4 is 10.0 Å². The maximum Gasteiger partial charge on any atom is 0.241 e. The van der Waals surface area contributed by atoms with Crippen LogP contribution in [0.25, 0.3) is 0 Å². The Morgan fingerprint density at radius 2 is 1.85 bits per heavy atom. The van der Waals surface area contributed by atoms with Crippen molar-refractivity contribution in [3.8, 4) is 0 Å². The molecule has 0 aliphatic heterocycles. The van der Waals surface area contributed by atoms with E-state index in [0.29, 0.717) is 11.1 Å². The molecule has 2 rings (SSSR count). The van der Waals surface area contributed by atoms with E-state index in [2.05, 4.69) is 4.72 Å². The first kappa shape index (κ1) is 14.7. The van der Waals surface area contributed by atoms with Gasteiger partial charge in [0.05, 0.1) is 4.90 Å². The summed E-state index contributed by atoms with van der Waals surface area (Å²) in [6.45, 7) is 3.65. The average molecular weight is 293 g/mol. The zero-order valence-electron chi connectivity index (χ0n) is 11.4. The highest BCUT2D eigenvalue weighted by molar-refractivity contribution is 7.89. The first-order valence-electron chi connectivity index (χ1n) is 6.20. The van der Waals surface area contributed by atoms with E-state index < -0.39 is 10.0 Å². The van der Waals surface area contributed by atoms with E-state index in [1.54, 1.807) is 31.2 Å². The molecule has 3 nitrogen and oxygen atoms in total. The summed E-state index contributed by atoms with van der Waals surface area (Å²) in [6.07, 6.45) is 0. The number of hydrogen-bond acceptors (Lipinski definition) is 2. The van der Waals surface area contributed by atoms with Crippen molar-refractivity contribution in [3.05, 3.63) is 65.0 Å². The molecule has 2 aromatic rings. The molecule has 0 atom stereocenters. The Kier molecular flexibility index (Phi) is 4.20. The van der Waals surface area contributed by atoms with Gasteiger partial charge >= 0.3 is 0 Å². The molecule has 0 bridgehead atoms. The summed E-state index contributed by atoms with van der Waals surface area (Å²) in [5, 5.41) is 0. The lowest BCUT2D eigenvalue weighted by molar-refractivity contribution is 0.579. The van der Waals surface area contributed by atoms with Crippen LogP contribution in [-0.4, -0.2) is 8.42 Å². The van der Waals surface area contributed by atoms with Crippen LogP contribution < -0.4 is 4.72 Å². The Bertz CT molecular complexity index is 726. The summed E-state index contributed by atoms with van der Waals surface area (Å²) in [5.74, 6) is -0.381. The van der Waals surface area contributed by atoms with Gasteiger partial charge in [0.25, 0.3) is 0 Å². The Hall–Kier alpha value is -1.72. The van der Waals surface area contributed by atoms with Crippen LogP contribution >= 0.6 is 0 Å². The van der Waals surface area contributed by atoms with Gasteiger partial charge in [-0.3, -0.25) is 0 Å². The molecule has 0 fully saturated rings. The number of benzene rings is 2. The molecule has 2 aromatic carbocycles. The predicted molar refractivity (Wildman–Crippen MR) is 76.3 cm³/mol. The van der Waals surface area contributed by atoms with Crippen LogP contribution in [-0.2, 0) is 16.6 Å². The largest absolute Gasteiger partial charge is 0.241 e. The summed E-state index contributed by atoms with van der Waals surface area (Å²) >= 11 is 0. The minimum Gasteiger partial charge on any atom is -0.207 e. The summed E-state index contributed by atoms with van der Waals surface area (Å²) in [7, 11) is -3.60. The fourth-order valence-electron chi connectivity index (χ4n) is 1.90. The molecule has 0 aliphatic carbocycles. The zero-order chi connectivity index (χ0) is 14.8. The fraction of sp³-hybridized carbons (Fsp3) is 0.200. The number of hydrogen-bond donors (Lipinski definition) is 1. The van der Waals surface area contributed by atoms with Gasteiger partial charge in [-0.2, -0.15) is 0 Å². The molecule has 0 aliphatic rings. The third-order valence-electron chi connectivity index (χ3n) is 2.99. The van der Waals surface area contributed by atoms with Crippen molar-refractivity contribution in [3.63, 3.8) is 0 Å². The SMILES string of the molecule is Cc1ccc(C)c(S(=O)(=O)NCc2cccc(F)c2)c1. The van der Waals surface area contributed by atoms with Crippen molar-refractivity contribution < 1.29 is 12.8 Å². The van der Waals surface area contributed by atoms with Gasteiger partial charge < -0.3 is 0 Å². The van der Waals surface area contributed by atoms with Crippen LogP contribution in [0.1, 0.15) is 16.7 Å². The Morgan fingerprint density at radius 3 is 2.55 bits per heavy atom. The average Bonchev–Trinajstić information content (AvgIpc) is 2.39. The predicted octanol–water partition coefficient (Wildman–Crippen LogP) is 2.92. The second-order valence-corrected chi connectivity index (χ2v) is 6.46. The highest BCUT2D eigenvalue weighted by Crippen LogP contribution is 2.17. The highest BCUT2D eigenvalue weighted by Gasteiger charge is 2.16. The molecule has 0 aromatic heterocycles. The van der Waals surface area contributed by atoms with Gasteiger partial charge in [0.2, 0.25) is 10.0 Å². The molecule has 0 saturated heterocycles. The third kappa shape index (κ3) is 3.43. The lowest BCUT2D eigenvalue weighted by Gasteiger charge is -2.10. The van der Waals surface area contributed by atoms with Crippen LogP contribution in [0, 0.1) is 19.7 Å². The molecule has 0 saturated carbocycles. The molecule has 1 N–H and O–H groups in total. The van der Waals surface area contributed by atoms with Gasteiger partial charge in [-0.25, -0.2) is 17.5 Å². The van der Waals surface area contributed by atoms with Crippen LogP contribution in [0.2, 0.25) is 0 Å². The molecule has 0 heterocycles. The van der Waals surface area contributed by atoms with Crippen molar-refractivity contribution in [2.75, 3.05) is 0 Å². The lowest BCUT2D eigenvalue weighted by Crippen LogP contribution is -2.24. The monoisotopic (exact) mass is 293 g/mol. The maximum absolute atomic E-state index is 13.0. The second-order valence-electron chi connectivity index (χ2n) is 4.72. The molecular formula is C15H16FNO2S. The van der Waals surface area contributed by atoms with Crippen LogP contribution in [0.15, 0.2) is 47.4 Å². The van der Waals surface area contributed by atoms with Crippen molar-refractivity contribution in [2.45, 2.75) is 25.3 Å². The van der Waals surface area contributed by atoms with E-state index in [-0.39, 0.29) is 17.3 Å². The van der Waals surface area contributed by atoms with Crippen LogP contribution in [0.4, 0.5) is 4.39 Å². The summed E-state index contributed by atoms with van der Waals surface area (Å²) < 4.78 is 40.1. The molecule has 0 radical (unpaired) electrons. The Balaban J connectivity index is 2.21. The quantitative estimate of drug-likeness (QED) is 0.942. The van der Waals surface area contributed by atoms with E-state index in [0.717, 1.165) is 5.56 Å². The first-order valence-corrected chi connectivity index (χ1v) is 7.68. The molecule has 0 spiro atoms. The molecule has 5 heteroatoms. The van der Waals surface area contributed by atoms with Gasteiger partial charge in [0.1, 0.15) is 5.82 Å². The minimum absolute atomic E-state index is 0.0630. The molecule has 0 amide bonds. The second kappa shape index (κ2) is 5.73. The summed E-state index contributed by atoms with van der Waals surface area (Å²) in [5.41, 5.74) is 2.14. The summed E-state index contributed by atoms with van der Waals surface area (Å²) in [4.78, 5) is 0.258. The maximum atomic E-state index is 13.0. The van der Waals surface area contributed by atoms with E-state index in [4.69, 9.17) is 0 Å². The van der Waals surface area contributed by atoms with E-state index >= 15 is 0 Å². The van der Waals surface area contributed by atoms with Crippen LogP contribution in [0.5, 0.6) is 0 Å². The van der Waals surface area contributed by atoms with Crippen molar-refractivity contribution in [1.29, 1.82) is 0 Å². The third-order valence-corrected chi connectivity index (χ3v) is 4.53. The fourth-order valence-corrected chi connectivity index (χ4v) is 3.24. The molecule has 0 unspecified atom stereocenters. The van der Waals surface area contributed by atoms with Gasteiger partial charge in [-0.15, -0.1) is 0 Å². The zero-order valence-corrected chi connectivity index (χ0v) is 12.2. The lowest BCUT2D eigenvalue weighted by atomic mass is 10.2. The summed E-state index contributed by atoms with van der Waals surface area (Å²) in [6, 6.07) is 11.1. The number of nitrogens with one attached hydrogen (secondary N) is 1. The van der Waals surface area contributed by atoms with Crippen molar-refractivity contribution in [2.24, 2.45) is 0 Å². The minimum atomic E-state index is -3.60. The van der Waals surface area contributed by atoms with E-state index in [1.165, 1.54) is 12.1 Å². The molecule has 20 heavy (non-hydrogen) atoms. The molecular weight excluding hydrogens is 277 g/mol. The Labute approximate surface area is 118 Å². The Morgan fingerprint density at radius 1 is 1.10 bits per heavy atom. The highest BCUT2D eigenvalue weighted by atomic mass is 32.2. The van der Waals surface area contributed by atoms with E-state index in [1.807, 2.05) is 13.0 Å². The van der Waals surface area contributed by atoms with Gasteiger partial charge in [0.15, 0.2) is 0 Å². The smallest absolute Gasteiger partial charge is 0.207 e.